The first-order valence-corrected chi connectivity index (χ1v) is 11.7. The number of halogens is 3. The third kappa shape index (κ3) is 5.72. The van der Waals surface area contributed by atoms with Gasteiger partial charge in [0.1, 0.15) is 11.9 Å². The molecule has 194 valence electrons. The summed E-state index contributed by atoms with van der Waals surface area (Å²) in [5.74, 6) is -2.43. The van der Waals surface area contributed by atoms with E-state index in [9.17, 15) is 23.2 Å². The predicted molar refractivity (Wildman–Crippen MR) is 130 cm³/mol. The number of ether oxygens (including phenoxy) is 2. The van der Waals surface area contributed by atoms with E-state index in [1.165, 1.54) is 53.4 Å². The van der Waals surface area contributed by atoms with E-state index in [1.807, 2.05) is 0 Å². The van der Waals surface area contributed by atoms with Crippen molar-refractivity contribution in [2.24, 2.45) is 0 Å². The molecule has 2 amide bonds. The largest absolute Gasteiger partial charge is 0.465 e. The summed E-state index contributed by atoms with van der Waals surface area (Å²) in [6, 6.07) is 7.00. The molecule has 12 heteroatoms. The van der Waals surface area contributed by atoms with Crippen LogP contribution in [0.1, 0.15) is 50.8 Å². The van der Waals surface area contributed by atoms with Gasteiger partial charge in [-0.1, -0.05) is 17.7 Å². The van der Waals surface area contributed by atoms with Crippen molar-refractivity contribution in [2.45, 2.75) is 25.5 Å². The van der Waals surface area contributed by atoms with Crippen LogP contribution in [0.25, 0.3) is 0 Å². The van der Waals surface area contributed by atoms with Crippen LogP contribution in [0.4, 0.5) is 19.3 Å². The Morgan fingerprint density at radius 3 is 2.78 bits per heavy atom. The molecule has 0 saturated heterocycles. The van der Waals surface area contributed by atoms with Crippen LogP contribution < -0.4 is 5.32 Å². The van der Waals surface area contributed by atoms with Crippen LogP contribution in [-0.2, 0) is 16.0 Å². The maximum atomic E-state index is 14.6. The lowest BCUT2D eigenvalue weighted by Crippen LogP contribution is -2.29. The van der Waals surface area contributed by atoms with Crippen molar-refractivity contribution >= 4 is 35.3 Å². The molecule has 37 heavy (non-hydrogen) atoms. The van der Waals surface area contributed by atoms with E-state index in [4.69, 9.17) is 16.3 Å². The predicted octanol–water partition coefficient (Wildman–Crippen LogP) is 4.81. The summed E-state index contributed by atoms with van der Waals surface area (Å²) < 4.78 is 40.0. The maximum absolute atomic E-state index is 14.6. The molecule has 4 rings (SSSR count). The van der Waals surface area contributed by atoms with Crippen molar-refractivity contribution in [3.05, 3.63) is 81.6 Å². The van der Waals surface area contributed by atoms with Crippen molar-refractivity contribution in [1.82, 2.24) is 14.7 Å². The van der Waals surface area contributed by atoms with Crippen molar-refractivity contribution in [3.8, 4) is 0 Å². The highest BCUT2D eigenvalue weighted by Gasteiger charge is 2.30. The summed E-state index contributed by atoms with van der Waals surface area (Å²) in [6.45, 7) is 0.493. The van der Waals surface area contributed by atoms with Crippen LogP contribution in [0.3, 0.4) is 0 Å². The zero-order valence-corrected chi connectivity index (χ0v) is 20.7. The Morgan fingerprint density at radius 1 is 1.27 bits per heavy atom. The molecule has 9 nitrogen and oxygen atoms in total. The van der Waals surface area contributed by atoms with Crippen LogP contribution in [0, 0.1) is 11.6 Å². The fourth-order valence-corrected chi connectivity index (χ4v) is 4.20. The first-order valence-electron chi connectivity index (χ1n) is 11.3. The topological polar surface area (TPSA) is 103 Å². The lowest BCUT2D eigenvalue weighted by Gasteiger charge is -2.27. The molecule has 1 N–H and O–H groups in total. The number of nitrogens with zero attached hydrogens (tertiary/aromatic N) is 3. The molecule has 0 fully saturated rings. The molecule has 1 aliphatic rings. The van der Waals surface area contributed by atoms with Crippen molar-refractivity contribution in [2.75, 3.05) is 26.0 Å². The minimum atomic E-state index is -0.834. The number of hydrogen-bond donors (Lipinski definition) is 1. The van der Waals surface area contributed by atoms with Gasteiger partial charge in [0.25, 0.3) is 5.91 Å². The third-order valence-corrected chi connectivity index (χ3v) is 6.20. The number of amides is 2. The molecule has 0 aliphatic carbocycles. The van der Waals surface area contributed by atoms with Gasteiger partial charge in [-0.15, -0.1) is 0 Å². The number of carbonyl (C=O) groups excluding carboxylic acids is 3. The van der Waals surface area contributed by atoms with Crippen LogP contribution in [0.5, 0.6) is 0 Å². The number of hydrogen-bond acceptors (Lipinski definition) is 6. The molecule has 1 aromatic heterocycles. The Labute approximate surface area is 215 Å². The lowest BCUT2D eigenvalue weighted by molar-refractivity contribution is 0.0595. The first-order chi connectivity index (χ1) is 17.7. The van der Waals surface area contributed by atoms with Gasteiger partial charge in [0.05, 0.1) is 47.3 Å². The SMILES string of the molecule is COC(=O)c1ccc(Cn2cc(C(=O)N(C)CCC[C@H]3OC(=O)Nc4ccc(Cl)c(F)c43)cn2)cc1F. The van der Waals surface area contributed by atoms with Gasteiger partial charge >= 0.3 is 12.1 Å². The Balaban J connectivity index is 1.34. The fraction of sp³-hybridized carbons (Fsp3) is 0.280. The minimum absolute atomic E-state index is 0.0741. The summed E-state index contributed by atoms with van der Waals surface area (Å²) in [6.07, 6.45) is 2.12. The van der Waals surface area contributed by atoms with Gasteiger partial charge in [-0.25, -0.2) is 18.4 Å². The summed E-state index contributed by atoms with van der Waals surface area (Å²) in [5, 5.41) is 6.54. The standard InChI is InChI=1S/C25H23ClF2N4O5/c1-31(9-3-4-20-21-19(30-25(35)37-20)8-7-17(26)22(21)28)23(33)15-11-29-32(13-15)12-14-5-6-16(18(27)10-14)24(34)36-2/h5-8,10-11,13,20H,3-4,9,12H2,1-2H3,(H,30,35)/t20-/m1/s1. The van der Waals surface area contributed by atoms with Gasteiger partial charge in [-0.05, 0) is 42.7 Å². The van der Waals surface area contributed by atoms with Gasteiger partial charge in [0.2, 0.25) is 0 Å². The molecule has 2 heterocycles. The minimum Gasteiger partial charge on any atom is -0.465 e. The molecule has 1 atom stereocenters. The number of anilines is 1. The van der Waals surface area contributed by atoms with E-state index >= 15 is 0 Å². The number of carbonyl (C=O) groups is 3. The monoisotopic (exact) mass is 532 g/mol. The number of benzene rings is 2. The summed E-state index contributed by atoms with van der Waals surface area (Å²) in [5.41, 5.74) is 1.19. The number of cyclic esters (lactones) is 1. The molecule has 3 aromatic rings. The number of nitrogens with one attached hydrogen (secondary N) is 1. The van der Waals surface area contributed by atoms with Gasteiger partial charge < -0.3 is 14.4 Å². The number of esters is 1. The number of aromatic nitrogens is 2. The molecule has 0 radical (unpaired) electrons. The smallest absolute Gasteiger partial charge is 0.412 e. The van der Waals surface area contributed by atoms with Crippen LogP contribution in [-0.4, -0.2) is 53.4 Å². The maximum Gasteiger partial charge on any atom is 0.412 e. The van der Waals surface area contributed by atoms with Gasteiger partial charge in [-0.2, -0.15) is 5.10 Å². The zero-order chi connectivity index (χ0) is 26.7. The van der Waals surface area contributed by atoms with Gasteiger partial charge in [0.15, 0.2) is 5.82 Å². The normalized spacial score (nSPS) is 14.4. The molecule has 0 saturated carbocycles. The van der Waals surface area contributed by atoms with E-state index in [0.717, 1.165) is 0 Å². The molecule has 0 unspecified atom stereocenters. The summed E-state index contributed by atoms with van der Waals surface area (Å²) in [4.78, 5) is 37.7. The Hall–Kier alpha value is -3.99. The third-order valence-electron chi connectivity index (χ3n) is 5.91. The molecule has 1 aliphatic heterocycles. The van der Waals surface area contributed by atoms with E-state index < -0.39 is 29.8 Å². The molecular formula is C25H23ClF2N4O5. The molecular weight excluding hydrogens is 510 g/mol. The molecule has 0 bridgehead atoms. The highest BCUT2D eigenvalue weighted by molar-refractivity contribution is 6.31. The van der Waals surface area contributed by atoms with E-state index in [2.05, 4.69) is 15.2 Å². The van der Waals surface area contributed by atoms with Crippen LogP contribution in [0.2, 0.25) is 5.02 Å². The van der Waals surface area contributed by atoms with E-state index in [1.54, 1.807) is 13.1 Å². The summed E-state index contributed by atoms with van der Waals surface area (Å²) in [7, 11) is 2.78. The number of fused-ring (bicyclic) bond motifs is 1. The van der Waals surface area contributed by atoms with Gasteiger partial charge in [-0.3, -0.25) is 14.8 Å². The van der Waals surface area contributed by atoms with Crippen LogP contribution in [0.15, 0.2) is 42.7 Å². The Morgan fingerprint density at radius 2 is 2.05 bits per heavy atom. The quantitative estimate of drug-likeness (QED) is 0.418. The van der Waals surface area contributed by atoms with Crippen molar-refractivity contribution in [1.29, 1.82) is 0 Å². The fourth-order valence-electron chi connectivity index (χ4n) is 4.04. The van der Waals surface area contributed by atoms with E-state index in [0.29, 0.717) is 29.8 Å². The second kappa shape index (κ2) is 11.0. The Kier molecular flexibility index (Phi) is 7.72. The second-order valence-corrected chi connectivity index (χ2v) is 8.85. The molecule has 2 aromatic carbocycles. The lowest BCUT2D eigenvalue weighted by atomic mass is 10.0. The number of methoxy groups -OCH3 is 1. The summed E-state index contributed by atoms with van der Waals surface area (Å²) >= 11 is 5.89. The highest BCUT2D eigenvalue weighted by atomic mass is 35.5. The first kappa shape index (κ1) is 26.1. The van der Waals surface area contributed by atoms with E-state index in [-0.39, 0.29) is 35.0 Å². The average molecular weight is 533 g/mol. The molecule has 0 spiro atoms. The Bertz CT molecular complexity index is 1360. The van der Waals surface area contributed by atoms with Crippen molar-refractivity contribution in [3.63, 3.8) is 0 Å². The number of rotatable bonds is 8. The average Bonchev–Trinajstić information content (AvgIpc) is 3.33. The van der Waals surface area contributed by atoms with Crippen molar-refractivity contribution < 1.29 is 32.6 Å². The highest BCUT2D eigenvalue weighted by Crippen LogP contribution is 2.38. The zero-order valence-electron chi connectivity index (χ0n) is 20.0. The van der Waals surface area contributed by atoms with Crippen LogP contribution >= 0.6 is 11.6 Å². The van der Waals surface area contributed by atoms with Gasteiger partial charge in [0, 0.05) is 19.8 Å². The second-order valence-electron chi connectivity index (χ2n) is 8.44.